The number of benzene rings is 1. The molecule has 0 aliphatic carbocycles. The molecule has 2 amide bonds. The van der Waals surface area contributed by atoms with E-state index in [0.29, 0.717) is 34.7 Å². The van der Waals surface area contributed by atoms with Crippen LogP contribution in [0.3, 0.4) is 0 Å². The predicted octanol–water partition coefficient (Wildman–Crippen LogP) is 3.46. The molecular formula is C17H18BrNO6S. The van der Waals surface area contributed by atoms with Crippen molar-refractivity contribution >= 4 is 50.9 Å². The summed E-state index contributed by atoms with van der Waals surface area (Å²) in [6.07, 6.45) is 1.56. The second kappa shape index (κ2) is 9.09. The summed E-state index contributed by atoms with van der Waals surface area (Å²) in [5.41, 5.74) is 0.616. The Kier molecular flexibility index (Phi) is 7.10. The van der Waals surface area contributed by atoms with Crippen LogP contribution in [0, 0.1) is 0 Å². The number of nitrogens with zero attached hydrogens (tertiary/aromatic N) is 1. The van der Waals surface area contributed by atoms with Crippen molar-refractivity contribution in [2.24, 2.45) is 0 Å². The fraction of sp³-hybridized carbons (Fsp3) is 0.353. The first-order valence-corrected chi connectivity index (χ1v) is 9.43. The molecule has 0 spiro atoms. The maximum atomic E-state index is 12.4. The number of halogens is 1. The van der Waals surface area contributed by atoms with Crippen molar-refractivity contribution in [1.82, 2.24) is 4.90 Å². The first-order chi connectivity index (χ1) is 12.4. The summed E-state index contributed by atoms with van der Waals surface area (Å²) in [5.74, 6) is -0.0592. The lowest BCUT2D eigenvalue weighted by molar-refractivity contribution is -0.143. The van der Waals surface area contributed by atoms with Crippen molar-refractivity contribution in [3.63, 3.8) is 0 Å². The van der Waals surface area contributed by atoms with E-state index < -0.39 is 23.7 Å². The predicted molar refractivity (Wildman–Crippen MR) is 101 cm³/mol. The van der Waals surface area contributed by atoms with Gasteiger partial charge in [0.25, 0.3) is 11.1 Å². The lowest BCUT2D eigenvalue weighted by atomic mass is 10.1. The second-order valence-electron chi connectivity index (χ2n) is 5.03. The van der Waals surface area contributed by atoms with Gasteiger partial charge >= 0.3 is 5.97 Å². The minimum Gasteiger partial charge on any atom is -0.493 e. The van der Waals surface area contributed by atoms with E-state index in [4.69, 9.17) is 9.47 Å². The van der Waals surface area contributed by atoms with Crippen molar-refractivity contribution in [2.75, 3.05) is 26.9 Å². The lowest BCUT2D eigenvalue weighted by Crippen LogP contribution is -2.34. The number of carbonyl (C=O) groups is 3. The van der Waals surface area contributed by atoms with E-state index in [9.17, 15) is 14.4 Å². The molecule has 0 radical (unpaired) electrons. The Morgan fingerprint density at radius 2 is 1.85 bits per heavy atom. The van der Waals surface area contributed by atoms with Crippen molar-refractivity contribution in [1.29, 1.82) is 0 Å². The number of esters is 1. The molecule has 1 aromatic rings. The van der Waals surface area contributed by atoms with E-state index >= 15 is 0 Å². The SMILES string of the molecule is CCOc1cc(OCC)c(/C=C2/SC(=O)N(CC(=O)OC)C2=O)cc1Br. The number of methoxy groups -OCH3 is 1. The molecule has 1 saturated heterocycles. The highest BCUT2D eigenvalue weighted by Gasteiger charge is 2.36. The number of hydrogen-bond donors (Lipinski definition) is 0. The molecule has 1 fully saturated rings. The van der Waals surface area contributed by atoms with E-state index in [0.717, 1.165) is 16.7 Å². The average Bonchev–Trinajstić information content (AvgIpc) is 2.86. The zero-order valence-electron chi connectivity index (χ0n) is 14.5. The minimum absolute atomic E-state index is 0.205. The molecular weight excluding hydrogens is 426 g/mol. The molecule has 1 aliphatic rings. The minimum atomic E-state index is -0.660. The number of imide groups is 1. The van der Waals surface area contributed by atoms with Gasteiger partial charge in [0.1, 0.15) is 18.0 Å². The molecule has 0 bridgehead atoms. The highest BCUT2D eigenvalue weighted by atomic mass is 79.9. The number of amides is 2. The Balaban J connectivity index is 2.36. The molecule has 0 atom stereocenters. The Labute approximate surface area is 163 Å². The summed E-state index contributed by atoms with van der Waals surface area (Å²) in [5, 5.41) is -0.519. The molecule has 1 aliphatic heterocycles. The van der Waals surface area contributed by atoms with Gasteiger partial charge in [0, 0.05) is 11.6 Å². The maximum absolute atomic E-state index is 12.4. The molecule has 1 aromatic carbocycles. The third-order valence-corrected chi connectivity index (χ3v) is 4.87. The Bertz CT molecular complexity index is 764. The van der Waals surface area contributed by atoms with E-state index in [1.807, 2.05) is 13.8 Å². The number of rotatable bonds is 7. The Morgan fingerprint density at radius 3 is 2.46 bits per heavy atom. The zero-order valence-corrected chi connectivity index (χ0v) is 16.9. The fourth-order valence-corrected chi connectivity index (χ4v) is 3.49. The monoisotopic (exact) mass is 443 g/mol. The van der Waals surface area contributed by atoms with Gasteiger partial charge in [0.2, 0.25) is 0 Å². The molecule has 0 unspecified atom stereocenters. The molecule has 2 rings (SSSR count). The van der Waals surface area contributed by atoms with Crippen LogP contribution < -0.4 is 9.47 Å². The lowest BCUT2D eigenvalue weighted by Gasteiger charge is -2.13. The quantitative estimate of drug-likeness (QED) is 0.471. The number of hydrogen-bond acceptors (Lipinski definition) is 7. The first-order valence-electron chi connectivity index (χ1n) is 7.82. The van der Waals surface area contributed by atoms with Crippen molar-refractivity contribution in [3.05, 3.63) is 27.1 Å². The normalized spacial score (nSPS) is 15.5. The summed E-state index contributed by atoms with van der Waals surface area (Å²) in [6, 6.07) is 3.48. The van der Waals surface area contributed by atoms with Crippen LogP contribution in [0.2, 0.25) is 0 Å². The molecule has 26 heavy (non-hydrogen) atoms. The highest BCUT2D eigenvalue weighted by molar-refractivity contribution is 9.10. The van der Waals surface area contributed by atoms with E-state index in [2.05, 4.69) is 20.7 Å². The van der Waals surface area contributed by atoms with Gasteiger partial charge in [-0.2, -0.15) is 0 Å². The van der Waals surface area contributed by atoms with Gasteiger partial charge < -0.3 is 14.2 Å². The van der Waals surface area contributed by atoms with Gasteiger partial charge in [-0.3, -0.25) is 19.3 Å². The van der Waals surface area contributed by atoms with Crippen LogP contribution in [-0.4, -0.2) is 48.9 Å². The first kappa shape index (κ1) is 20.3. The maximum Gasteiger partial charge on any atom is 0.325 e. The smallest absolute Gasteiger partial charge is 0.325 e. The van der Waals surface area contributed by atoms with Crippen LogP contribution in [0.4, 0.5) is 4.79 Å². The molecule has 0 N–H and O–H groups in total. The zero-order chi connectivity index (χ0) is 19.3. The van der Waals surface area contributed by atoms with Gasteiger partial charge in [-0.05, 0) is 53.7 Å². The summed E-state index contributed by atoms with van der Waals surface area (Å²) < 4.78 is 16.4. The van der Waals surface area contributed by atoms with Gasteiger partial charge in [-0.25, -0.2) is 0 Å². The number of thioether (sulfide) groups is 1. The number of ether oxygens (including phenoxy) is 3. The molecule has 1 heterocycles. The van der Waals surface area contributed by atoms with E-state index in [-0.39, 0.29) is 4.91 Å². The average molecular weight is 444 g/mol. The molecule has 7 nitrogen and oxygen atoms in total. The standard InChI is InChI=1S/C17H18BrNO6S/c1-4-24-12-8-13(25-5-2)11(18)6-10(12)7-14-16(21)19(17(22)26-14)9-15(20)23-3/h6-8H,4-5,9H2,1-3H3/b14-7+. The molecule has 0 saturated carbocycles. The number of carbonyl (C=O) groups excluding carboxylic acids is 3. The van der Waals surface area contributed by atoms with Gasteiger partial charge in [0.15, 0.2) is 0 Å². The van der Waals surface area contributed by atoms with Crippen molar-refractivity contribution < 1.29 is 28.6 Å². The molecule has 9 heteroatoms. The van der Waals surface area contributed by atoms with Crippen LogP contribution in [0.25, 0.3) is 6.08 Å². The molecule has 140 valence electrons. The molecule has 0 aromatic heterocycles. The third-order valence-electron chi connectivity index (χ3n) is 3.34. The summed E-state index contributed by atoms with van der Waals surface area (Å²) in [4.78, 5) is 36.9. The highest BCUT2D eigenvalue weighted by Crippen LogP contribution is 2.38. The van der Waals surface area contributed by atoms with Crippen molar-refractivity contribution in [3.8, 4) is 11.5 Å². The summed E-state index contributed by atoms with van der Waals surface area (Å²) in [6.45, 7) is 4.23. The largest absolute Gasteiger partial charge is 0.493 e. The topological polar surface area (TPSA) is 82.1 Å². The van der Waals surface area contributed by atoms with Crippen molar-refractivity contribution in [2.45, 2.75) is 13.8 Å². The Morgan fingerprint density at radius 1 is 1.19 bits per heavy atom. The van der Waals surface area contributed by atoms with Crippen LogP contribution >= 0.6 is 27.7 Å². The van der Waals surface area contributed by atoms with Crippen LogP contribution in [0.15, 0.2) is 21.5 Å². The van der Waals surface area contributed by atoms with E-state index in [1.165, 1.54) is 7.11 Å². The third kappa shape index (κ3) is 4.59. The van der Waals surface area contributed by atoms with Gasteiger partial charge in [-0.1, -0.05) is 0 Å². The van der Waals surface area contributed by atoms with Crippen LogP contribution in [-0.2, 0) is 14.3 Å². The van der Waals surface area contributed by atoms with Crippen LogP contribution in [0.5, 0.6) is 11.5 Å². The van der Waals surface area contributed by atoms with E-state index in [1.54, 1.807) is 18.2 Å². The van der Waals surface area contributed by atoms with Crippen LogP contribution in [0.1, 0.15) is 19.4 Å². The second-order valence-corrected chi connectivity index (χ2v) is 6.88. The Hall–Kier alpha value is -2.00. The van der Waals surface area contributed by atoms with Gasteiger partial charge in [-0.15, -0.1) is 0 Å². The van der Waals surface area contributed by atoms with Gasteiger partial charge in [0.05, 0.1) is 29.7 Å². The summed E-state index contributed by atoms with van der Waals surface area (Å²) in [7, 11) is 1.20. The summed E-state index contributed by atoms with van der Waals surface area (Å²) >= 11 is 4.19. The fourth-order valence-electron chi connectivity index (χ4n) is 2.18.